The molecule has 0 spiro atoms. The topological polar surface area (TPSA) is 15.3 Å². The molecular formula is C13H30N2. The first-order chi connectivity index (χ1) is 7.05. The van der Waals surface area contributed by atoms with E-state index in [0.717, 1.165) is 13.1 Å². The Morgan fingerprint density at radius 1 is 1.07 bits per heavy atom. The molecule has 0 heterocycles. The van der Waals surface area contributed by atoms with Gasteiger partial charge in [0.2, 0.25) is 0 Å². The van der Waals surface area contributed by atoms with Crippen LogP contribution in [0.3, 0.4) is 0 Å². The maximum absolute atomic E-state index is 3.55. The molecule has 0 aliphatic rings. The summed E-state index contributed by atoms with van der Waals surface area (Å²) in [6, 6.07) is 0. The van der Waals surface area contributed by atoms with Gasteiger partial charge in [0.1, 0.15) is 0 Å². The zero-order chi connectivity index (χ0) is 11.7. The van der Waals surface area contributed by atoms with Crippen molar-refractivity contribution >= 4 is 0 Å². The van der Waals surface area contributed by atoms with Gasteiger partial charge in [-0.3, -0.25) is 0 Å². The third-order valence-corrected chi connectivity index (χ3v) is 3.28. The van der Waals surface area contributed by atoms with Crippen LogP contribution in [-0.4, -0.2) is 37.6 Å². The van der Waals surface area contributed by atoms with E-state index in [-0.39, 0.29) is 0 Å². The Balaban J connectivity index is 3.39. The van der Waals surface area contributed by atoms with Gasteiger partial charge >= 0.3 is 0 Å². The van der Waals surface area contributed by atoms with Crippen LogP contribution in [-0.2, 0) is 0 Å². The molecule has 92 valence electrons. The molecule has 0 amide bonds. The minimum atomic E-state index is 0.454. The van der Waals surface area contributed by atoms with E-state index < -0.39 is 0 Å². The number of hydrogen-bond donors (Lipinski definition) is 1. The molecule has 0 atom stereocenters. The Labute approximate surface area is 96.4 Å². The molecule has 0 aromatic rings. The Bertz CT molecular complexity index is 139. The van der Waals surface area contributed by atoms with Crippen molar-refractivity contribution in [1.82, 2.24) is 10.2 Å². The molecule has 0 saturated carbocycles. The second kappa shape index (κ2) is 8.12. The van der Waals surface area contributed by atoms with E-state index in [1.807, 2.05) is 0 Å². The summed E-state index contributed by atoms with van der Waals surface area (Å²) in [5.74, 6) is 0. The van der Waals surface area contributed by atoms with Gasteiger partial charge in [0.15, 0.2) is 0 Å². The van der Waals surface area contributed by atoms with Gasteiger partial charge in [-0.2, -0.15) is 0 Å². The summed E-state index contributed by atoms with van der Waals surface area (Å²) in [5.41, 5.74) is 0.454. The molecule has 0 saturated heterocycles. The minimum absolute atomic E-state index is 0.454. The van der Waals surface area contributed by atoms with Gasteiger partial charge < -0.3 is 10.2 Å². The third kappa shape index (κ3) is 7.80. The summed E-state index contributed by atoms with van der Waals surface area (Å²) in [7, 11) is 0. The van der Waals surface area contributed by atoms with E-state index in [0.29, 0.717) is 5.41 Å². The number of nitrogens with one attached hydrogen (secondary N) is 1. The predicted molar refractivity (Wildman–Crippen MR) is 69.3 cm³/mol. The van der Waals surface area contributed by atoms with E-state index in [1.54, 1.807) is 0 Å². The summed E-state index contributed by atoms with van der Waals surface area (Å²) >= 11 is 0. The minimum Gasteiger partial charge on any atom is -0.316 e. The summed E-state index contributed by atoms with van der Waals surface area (Å²) in [4.78, 5) is 2.48. The Morgan fingerprint density at radius 3 is 2.13 bits per heavy atom. The molecule has 0 bridgehead atoms. The third-order valence-electron chi connectivity index (χ3n) is 3.28. The zero-order valence-corrected chi connectivity index (χ0v) is 11.4. The van der Waals surface area contributed by atoms with Gasteiger partial charge in [0.25, 0.3) is 0 Å². The van der Waals surface area contributed by atoms with Gasteiger partial charge in [-0.1, -0.05) is 34.6 Å². The van der Waals surface area contributed by atoms with Crippen molar-refractivity contribution in [3.63, 3.8) is 0 Å². The molecule has 2 nitrogen and oxygen atoms in total. The van der Waals surface area contributed by atoms with Crippen molar-refractivity contribution in [1.29, 1.82) is 0 Å². The van der Waals surface area contributed by atoms with E-state index in [1.165, 1.54) is 32.5 Å². The fraction of sp³-hybridized carbons (Fsp3) is 1.00. The molecule has 0 aliphatic carbocycles. The molecule has 2 heteroatoms. The fourth-order valence-electron chi connectivity index (χ4n) is 1.52. The maximum atomic E-state index is 3.55. The summed E-state index contributed by atoms with van der Waals surface area (Å²) in [5, 5.41) is 3.55. The van der Waals surface area contributed by atoms with Crippen LogP contribution >= 0.6 is 0 Å². The van der Waals surface area contributed by atoms with Gasteiger partial charge in [0.05, 0.1) is 0 Å². The van der Waals surface area contributed by atoms with Crippen LogP contribution in [0.5, 0.6) is 0 Å². The van der Waals surface area contributed by atoms with Crippen LogP contribution < -0.4 is 5.32 Å². The molecule has 0 unspecified atom stereocenters. The number of rotatable bonds is 9. The van der Waals surface area contributed by atoms with Crippen molar-refractivity contribution in [2.24, 2.45) is 5.41 Å². The molecule has 0 radical (unpaired) electrons. The molecule has 0 aromatic heterocycles. The molecule has 0 rings (SSSR count). The highest BCUT2D eigenvalue weighted by atomic mass is 15.1. The first-order valence-corrected chi connectivity index (χ1v) is 6.48. The lowest BCUT2D eigenvalue weighted by Gasteiger charge is -2.23. The van der Waals surface area contributed by atoms with Crippen LogP contribution in [0, 0.1) is 5.41 Å². The Morgan fingerprint density at radius 2 is 1.67 bits per heavy atom. The first kappa shape index (κ1) is 14.9. The van der Waals surface area contributed by atoms with Gasteiger partial charge in [-0.05, 0) is 44.4 Å². The molecule has 0 aromatic carbocycles. The summed E-state index contributed by atoms with van der Waals surface area (Å²) in [6.45, 7) is 17.3. The second-order valence-electron chi connectivity index (χ2n) is 5.07. The lowest BCUT2D eigenvalue weighted by Crippen LogP contribution is -2.32. The molecular weight excluding hydrogens is 184 g/mol. The highest BCUT2D eigenvalue weighted by Crippen LogP contribution is 2.17. The van der Waals surface area contributed by atoms with Crippen LogP contribution in [0.4, 0.5) is 0 Å². The van der Waals surface area contributed by atoms with E-state index in [2.05, 4.69) is 44.8 Å². The zero-order valence-electron chi connectivity index (χ0n) is 11.4. The lowest BCUT2D eigenvalue weighted by atomic mass is 9.90. The summed E-state index contributed by atoms with van der Waals surface area (Å²) in [6.07, 6.45) is 2.51. The standard InChI is InChI=1S/C13H30N2/c1-6-13(4,5)12-14-10-9-11-15(7-2)8-3/h14H,6-12H2,1-5H3. The fourth-order valence-corrected chi connectivity index (χ4v) is 1.52. The number of nitrogens with zero attached hydrogens (tertiary/aromatic N) is 1. The first-order valence-electron chi connectivity index (χ1n) is 6.48. The average Bonchev–Trinajstić information content (AvgIpc) is 2.23. The van der Waals surface area contributed by atoms with Crippen LogP contribution in [0.25, 0.3) is 0 Å². The molecule has 0 fully saturated rings. The highest BCUT2D eigenvalue weighted by Gasteiger charge is 2.13. The SMILES string of the molecule is CCN(CC)CCCNCC(C)(C)CC. The highest BCUT2D eigenvalue weighted by molar-refractivity contribution is 4.69. The van der Waals surface area contributed by atoms with Gasteiger partial charge in [0, 0.05) is 6.54 Å². The van der Waals surface area contributed by atoms with E-state index >= 15 is 0 Å². The quantitative estimate of drug-likeness (QED) is 0.594. The normalized spacial score (nSPS) is 12.4. The van der Waals surface area contributed by atoms with Gasteiger partial charge in [-0.15, -0.1) is 0 Å². The number of hydrogen-bond acceptors (Lipinski definition) is 2. The van der Waals surface area contributed by atoms with Crippen molar-refractivity contribution in [3.8, 4) is 0 Å². The van der Waals surface area contributed by atoms with Crippen molar-refractivity contribution in [2.75, 3.05) is 32.7 Å². The van der Waals surface area contributed by atoms with E-state index in [9.17, 15) is 0 Å². The smallest absolute Gasteiger partial charge is 0.000242 e. The second-order valence-corrected chi connectivity index (χ2v) is 5.07. The Kier molecular flexibility index (Phi) is 8.07. The average molecular weight is 214 g/mol. The molecule has 1 N–H and O–H groups in total. The van der Waals surface area contributed by atoms with E-state index in [4.69, 9.17) is 0 Å². The monoisotopic (exact) mass is 214 g/mol. The van der Waals surface area contributed by atoms with Crippen molar-refractivity contribution < 1.29 is 0 Å². The molecule has 0 aliphatic heterocycles. The van der Waals surface area contributed by atoms with Crippen molar-refractivity contribution in [2.45, 2.75) is 47.5 Å². The summed E-state index contributed by atoms with van der Waals surface area (Å²) < 4.78 is 0. The van der Waals surface area contributed by atoms with Crippen molar-refractivity contribution in [3.05, 3.63) is 0 Å². The predicted octanol–water partition coefficient (Wildman–Crippen LogP) is 2.74. The molecule has 15 heavy (non-hydrogen) atoms. The largest absolute Gasteiger partial charge is 0.316 e. The van der Waals surface area contributed by atoms with Crippen LogP contribution in [0.15, 0.2) is 0 Å². The van der Waals surface area contributed by atoms with Crippen LogP contribution in [0.1, 0.15) is 47.5 Å². The maximum Gasteiger partial charge on any atom is 0.000242 e. The van der Waals surface area contributed by atoms with Gasteiger partial charge in [-0.25, -0.2) is 0 Å². The van der Waals surface area contributed by atoms with Crippen LogP contribution in [0.2, 0.25) is 0 Å². The Hall–Kier alpha value is -0.0800. The lowest BCUT2D eigenvalue weighted by molar-refractivity contribution is 0.287.